The molecule has 4 nitrogen and oxygen atoms in total. The van der Waals surface area contributed by atoms with Crippen molar-refractivity contribution < 1.29 is 13.5 Å². The molecule has 3 rings (SSSR count). The number of aryl methyl sites for hydroxylation is 1. The maximum atomic E-state index is 12.4. The topological polar surface area (TPSA) is 66.4 Å². The molecular formula is C13H19NO3S2. The van der Waals surface area contributed by atoms with Crippen molar-refractivity contribution in [2.75, 3.05) is 6.61 Å². The standard InChI is InChI=1S/C13H19NO3S2/c1-8-2-5-12(18-8)19(16,17)14-13-10-4-3-9(6-10)11(13)7-15/h2,5,9-11,13-15H,3-4,6-7H2,1H3/t9-,10-,11-,13-/m0/s1. The lowest BCUT2D eigenvalue weighted by Crippen LogP contribution is -2.44. The van der Waals surface area contributed by atoms with Crippen LogP contribution in [-0.2, 0) is 10.0 Å². The van der Waals surface area contributed by atoms with E-state index in [-0.39, 0.29) is 18.6 Å². The van der Waals surface area contributed by atoms with Crippen LogP contribution >= 0.6 is 11.3 Å². The second-order valence-electron chi connectivity index (χ2n) is 5.69. The zero-order valence-electron chi connectivity index (χ0n) is 10.9. The number of sulfonamides is 1. The molecule has 0 radical (unpaired) electrons. The lowest BCUT2D eigenvalue weighted by Gasteiger charge is -2.29. The average Bonchev–Trinajstić information content (AvgIpc) is 3.03. The summed E-state index contributed by atoms with van der Waals surface area (Å²) in [5.74, 6) is 0.986. The van der Waals surface area contributed by atoms with E-state index in [1.54, 1.807) is 6.07 Å². The summed E-state index contributed by atoms with van der Waals surface area (Å²) in [4.78, 5) is 0.993. The molecule has 0 spiro atoms. The lowest BCUT2D eigenvalue weighted by molar-refractivity contribution is 0.153. The normalized spacial score (nSPS) is 34.0. The van der Waals surface area contributed by atoms with Gasteiger partial charge in [0.2, 0.25) is 10.0 Å². The molecular weight excluding hydrogens is 282 g/mol. The van der Waals surface area contributed by atoms with Crippen LogP contribution in [0.1, 0.15) is 24.1 Å². The summed E-state index contributed by atoms with van der Waals surface area (Å²) in [5, 5.41) is 9.50. The van der Waals surface area contributed by atoms with Gasteiger partial charge in [-0.05, 0) is 50.2 Å². The van der Waals surface area contributed by atoms with E-state index >= 15 is 0 Å². The Balaban J connectivity index is 1.81. The van der Waals surface area contributed by atoms with Crippen molar-refractivity contribution in [3.63, 3.8) is 0 Å². The van der Waals surface area contributed by atoms with Gasteiger partial charge in [0.05, 0.1) is 0 Å². The minimum absolute atomic E-state index is 0.0812. The molecule has 0 amide bonds. The summed E-state index contributed by atoms with van der Waals surface area (Å²) in [6.45, 7) is 1.98. The largest absolute Gasteiger partial charge is 0.396 e. The summed E-state index contributed by atoms with van der Waals surface area (Å²) < 4.78 is 27.9. The molecule has 2 fully saturated rings. The number of aliphatic hydroxyl groups is 1. The number of thiophene rings is 1. The van der Waals surface area contributed by atoms with E-state index in [1.165, 1.54) is 11.3 Å². The third-order valence-electron chi connectivity index (χ3n) is 4.57. The van der Waals surface area contributed by atoms with Gasteiger partial charge in [0.25, 0.3) is 0 Å². The van der Waals surface area contributed by atoms with Crippen LogP contribution in [0.2, 0.25) is 0 Å². The van der Waals surface area contributed by atoms with E-state index in [0.717, 1.165) is 24.1 Å². The fourth-order valence-corrected chi connectivity index (χ4v) is 6.31. The second kappa shape index (κ2) is 4.84. The molecule has 1 aromatic rings. The minimum Gasteiger partial charge on any atom is -0.396 e. The predicted molar refractivity (Wildman–Crippen MR) is 74.6 cm³/mol. The average molecular weight is 301 g/mol. The molecule has 6 heteroatoms. The van der Waals surface area contributed by atoms with Crippen LogP contribution in [0.15, 0.2) is 16.3 Å². The number of hydrogen-bond acceptors (Lipinski definition) is 4. The van der Waals surface area contributed by atoms with Gasteiger partial charge < -0.3 is 5.11 Å². The first-order chi connectivity index (χ1) is 9.01. The quantitative estimate of drug-likeness (QED) is 0.890. The van der Waals surface area contributed by atoms with Crippen LogP contribution < -0.4 is 4.72 Å². The van der Waals surface area contributed by atoms with Crippen molar-refractivity contribution >= 4 is 21.4 Å². The van der Waals surface area contributed by atoms with Gasteiger partial charge in [0.15, 0.2) is 0 Å². The molecule has 19 heavy (non-hydrogen) atoms. The third kappa shape index (κ3) is 2.35. The first kappa shape index (κ1) is 13.5. The first-order valence-electron chi connectivity index (χ1n) is 6.71. The van der Waals surface area contributed by atoms with Crippen molar-refractivity contribution in [2.24, 2.45) is 17.8 Å². The van der Waals surface area contributed by atoms with Crippen molar-refractivity contribution in [3.8, 4) is 0 Å². The van der Waals surface area contributed by atoms with Gasteiger partial charge in [-0.1, -0.05) is 0 Å². The zero-order chi connectivity index (χ0) is 13.6. The molecule has 4 atom stereocenters. The minimum atomic E-state index is -3.43. The van der Waals surface area contributed by atoms with Gasteiger partial charge in [-0.25, -0.2) is 13.1 Å². The van der Waals surface area contributed by atoms with Crippen LogP contribution in [0.3, 0.4) is 0 Å². The highest BCUT2D eigenvalue weighted by Crippen LogP contribution is 2.48. The highest BCUT2D eigenvalue weighted by Gasteiger charge is 2.48. The summed E-state index contributed by atoms with van der Waals surface area (Å²) in [6.07, 6.45) is 3.27. The van der Waals surface area contributed by atoms with E-state index < -0.39 is 10.0 Å². The van der Waals surface area contributed by atoms with Crippen molar-refractivity contribution in [3.05, 3.63) is 17.0 Å². The molecule has 2 N–H and O–H groups in total. The maximum Gasteiger partial charge on any atom is 0.250 e. The van der Waals surface area contributed by atoms with Crippen molar-refractivity contribution in [1.29, 1.82) is 0 Å². The number of aliphatic hydroxyl groups excluding tert-OH is 1. The first-order valence-corrected chi connectivity index (χ1v) is 9.01. The van der Waals surface area contributed by atoms with E-state index in [4.69, 9.17) is 0 Å². The van der Waals surface area contributed by atoms with Gasteiger partial charge in [-0.3, -0.25) is 0 Å². The molecule has 1 aromatic heterocycles. The smallest absolute Gasteiger partial charge is 0.250 e. The molecule has 0 aromatic carbocycles. The van der Waals surface area contributed by atoms with Crippen LogP contribution in [0.5, 0.6) is 0 Å². The van der Waals surface area contributed by atoms with Crippen molar-refractivity contribution in [1.82, 2.24) is 4.72 Å². The summed E-state index contributed by atoms with van der Waals surface area (Å²) in [7, 11) is -3.43. The fourth-order valence-electron chi connectivity index (χ4n) is 3.65. The van der Waals surface area contributed by atoms with E-state index in [1.807, 2.05) is 13.0 Å². The van der Waals surface area contributed by atoms with Crippen LogP contribution in [0, 0.1) is 24.7 Å². The molecule has 0 aliphatic heterocycles. The maximum absolute atomic E-state index is 12.4. The van der Waals surface area contributed by atoms with E-state index in [9.17, 15) is 13.5 Å². The molecule has 0 saturated heterocycles. The number of fused-ring (bicyclic) bond motifs is 2. The Morgan fingerprint density at radius 1 is 1.37 bits per heavy atom. The zero-order valence-corrected chi connectivity index (χ0v) is 12.5. The van der Waals surface area contributed by atoms with Crippen LogP contribution in [-0.4, -0.2) is 26.2 Å². The molecule has 2 saturated carbocycles. The summed E-state index contributed by atoms with van der Waals surface area (Å²) in [5.41, 5.74) is 0. The molecule has 0 unspecified atom stereocenters. The Bertz CT molecular complexity index is 566. The lowest BCUT2D eigenvalue weighted by atomic mass is 9.86. The van der Waals surface area contributed by atoms with Crippen molar-refractivity contribution in [2.45, 2.75) is 36.4 Å². The molecule has 2 bridgehead atoms. The molecule has 1 heterocycles. The Kier molecular flexibility index (Phi) is 3.45. The van der Waals surface area contributed by atoms with Gasteiger partial charge in [0, 0.05) is 23.4 Å². The summed E-state index contributed by atoms with van der Waals surface area (Å²) in [6, 6.07) is 3.39. The number of hydrogen-bond donors (Lipinski definition) is 2. The Morgan fingerprint density at radius 3 is 2.74 bits per heavy atom. The van der Waals surface area contributed by atoms with E-state index in [0.29, 0.717) is 16.0 Å². The van der Waals surface area contributed by atoms with E-state index in [2.05, 4.69) is 4.72 Å². The molecule has 2 aliphatic carbocycles. The highest BCUT2D eigenvalue weighted by atomic mass is 32.2. The van der Waals surface area contributed by atoms with Gasteiger partial charge in [-0.15, -0.1) is 11.3 Å². The number of nitrogens with one attached hydrogen (secondary N) is 1. The molecule has 2 aliphatic rings. The Labute approximate surface area is 117 Å². The van der Waals surface area contributed by atoms with Crippen LogP contribution in [0.4, 0.5) is 0 Å². The number of rotatable bonds is 4. The summed E-state index contributed by atoms with van der Waals surface area (Å²) >= 11 is 1.29. The van der Waals surface area contributed by atoms with Crippen LogP contribution in [0.25, 0.3) is 0 Å². The van der Waals surface area contributed by atoms with Gasteiger partial charge >= 0.3 is 0 Å². The molecule has 106 valence electrons. The fraction of sp³-hybridized carbons (Fsp3) is 0.692. The SMILES string of the molecule is Cc1ccc(S(=O)(=O)N[C@H]2[C@H]3CC[C@@H](C3)[C@@H]2CO)s1. The Morgan fingerprint density at radius 2 is 2.11 bits per heavy atom. The Hall–Kier alpha value is -0.430. The van der Waals surface area contributed by atoms with Gasteiger partial charge in [-0.2, -0.15) is 0 Å². The monoisotopic (exact) mass is 301 g/mol. The third-order valence-corrected chi connectivity index (χ3v) is 7.52. The van der Waals surface area contributed by atoms with Gasteiger partial charge in [0.1, 0.15) is 4.21 Å². The highest BCUT2D eigenvalue weighted by molar-refractivity contribution is 7.91. The second-order valence-corrected chi connectivity index (χ2v) is 8.92. The predicted octanol–water partition coefficient (Wildman–Crippen LogP) is 1.74.